The molecule has 0 fully saturated rings. The SMILES string of the molecule is CCO.[CH3][Mg][Si](C)(C)C. The predicted octanol–water partition coefficient (Wildman–Crippen LogP) is 1.57. The number of rotatable bonds is 1. The second-order valence-corrected chi connectivity index (χ2v) is 17.5. The van der Waals surface area contributed by atoms with Crippen molar-refractivity contribution in [1.29, 1.82) is 0 Å². The zero-order chi connectivity index (χ0) is 7.91. The van der Waals surface area contributed by atoms with E-state index in [0.29, 0.717) is 19.6 Å². The molecule has 0 aromatic carbocycles. The normalized spacial score (nSPS) is 9.11. The first-order valence-electron chi connectivity index (χ1n) is 3.58. The molecule has 0 radical (unpaired) electrons. The zero-order valence-corrected chi connectivity index (χ0v) is 9.78. The van der Waals surface area contributed by atoms with Crippen LogP contribution in [0.15, 0.2) is 0 Å². The van der Waals surface area contributed by atoms with Crippen molar-refractivity contribution in [2.45, 2.75) is 31.6 Å². The number of aliphatic hydroxyl groups is 1. The molecule has 9 heavy (non-hydrogen) atoms. The minimum Gasteiger partial charge on any atom is -0.397 e. The smallest absolute Gasteiger partial charge is 0.359 e. The van der Waals surface area contributed by atoms with Crippen molar-refractivity contribution in [3.05, 3.63) is 0 Å². The van der Waals surface area contributed by atoms with Crippen molar-refractivity contribution in [3.63, 3.8) is 0 Å². The first-order chi connectivity index (χ1) is 3.97. The highest BCUT2D eigenvalue weighted by Crippen LogP contribution is 1.94. The molecule has 0 aromatic heterocycles. The molecule has 1 N–H and O–H groups in total. The fourth-order valence-electron chi connectivity index (χ4n) is 0. The van der Waals surface area contributed by atoms with Gasteiger partial charge in [-0.3, -0.25) is 0 Å². The largest absolute Gasteiger partial charge is 0.397 e. The molecule has 1 nitrogen and oxygen atoms in total. The summed E-state index contributed by atoms with van der Waals surface area (Å²) in [6, 6.07) is 0. The fourth-order valence-corrected chi connectivity index (χ4v) is 0. The van der Waals surface area contributed by atoms with Gasteiger partial charge in [-0.2, -0.15) is 5.05 Å². The van der Waals surface area contributed by atoms with Crippen LogP contribution in [0.2, 0.25) is 24.7 Å². The van der Waals surface area contributed by atoms with Crippen molar-refractivity contribution in [1.82, 2.24) is 0 Å². The minimum atomic E-state index is -0.492. The highest BCUT2D eigenvalue weighted by molar-refractivity contribution is 7.22. The van der Waals surface area contributed by atoms with Gasteiger partial charge in [0, 0.05) is 6.61 Å². The third kappa shape index (κ3) is 27.7. The topological polar surface area (TPSA) is 20.2 Å². The third-order valence-electron chi connectivity index (χ3n) is 1.06. The predicted molar refractivity (Wildman–Crippen MR) is 47.7 cm³/mol. The van der Waals surface area contributed by atoms with E-state index in [2.05, 4.69) is 24.7 Å². The van der Waals surface area contributed by atoms with E-state index in [1.165, 1.54) is 0 Å². The third-order valence-corrected chi connectivity index (χ3v) is 9.55. The maximum absolute atomic E-state index is 7.57. The molecule has 54 valence electrons. The highest BCUT2D eigenvalue weighted by Gasteiger charge is 2.09. The van der Waals surface area contributed by atoms with Crippen LogP contribution < -0.4 is 0 Å². The molecular formula is C6H18MgOSi. The summed E-state index contributed by atoms with van der Waals surface area (Å²) in [5, 5.41) is 9.98. The van der Waals surface area contributed by atoms with Gasteiger partial charge in [-0.15, -0.1) is 0 Å². The van der Waals surface area contributed by atoms with Crippen molar-refractivity contribution < 1.29 is 5.11 Å². The number of hydrogen-bond donors (Lipinski definition) is 1. The van der Waals surface area contributed by atoms with Gasteiger partial charge in [-0.25, -0.2) is 0 Å². The highest BCUT2D eigenvalue weighted by atomic mass is 28.5. The maximum Gasteiger partial charge on any atom is 0.359 e. The number of hydrogen-bond acceptors (Lipinski definition) is 1. The second-order valence-electron chi connectivity index (χ2n) is 3.23. The van der Waals surface area contributed by atoms with E-state index in [1.54, 1.807) is 6.92 Å². The van der Waals surface area contributed by atoms with Crippen LogP contribution in [0.3, 0.4) is 0 Å². The Hall–Kier alpha value is 0.943. The molecule has 0 saturated carbocycles. The summed E-state index contributed by atoms with van der Waals surface area (Å²) < 4.78 is 0. The Morgan fingerprint density at radius 3 is 1.44 bits per heavy atom. The summed E-state index contributed by atoms with van der Waals surface area (Å²) in [6.07, 6.45) is 0. The Kier molecular flexibility index (Phi) is 9.88. The summed E-state index contributed by atoms with van der Waals surface area (Å²) in [6.45, 7) is 9.26. The number of aliphatic hydroxyl groups excluding tert-OH is 1. The first kappa shape index (κ1) is 12.6. The van der Waals surface area contributed by atoms with Gasteiger partial charge in [0.25, 0.3) is 0 Å². The molecule has 0 heterocycles. The van der Waals surface area contributed by atoms with Gasteiger partial charge in [0.05, 0.1) is 0 Å². The Morgan fingerprint density at radius 1 is 1.33 bits per heavy atom. The Bertz CT molecular complexity index is 51.5. The lowest BCUT2D eigenvalue weighted by molar-refractivity contribution is 0.318. The van der Waals surface area contributed by atoms with Gasteiger partial charge in [-0.05, 0) is 6.92 Å². The molecule has 0 rings (SSSR count). The van der Waals surface area contributed by atoms with Crippen molar-refractivity contribution >= 4 is 25.3 Å². The van der Waals surface area contributed by atoms with Gasteiger partial charge in [0.1, 0.15) is 0 Å². The molecule has 0 aliphatic heterocycles. The molecule has 0 spiro atoms. The van der Waals surface area contributed by atoms with Gasteiger partial charge in [-0.1, -0.05) is 25.4 Å². The molecule has 0 atom stereocenters. The van der Waals surface area contributed by atoms with Gasteiger partial charge in [0.15, 0.2) is 0 Å². The van der Waals surface area contributed by atoms with Gasteiger partial charge >= 0.3 is 19.6 Å². The molecule has 0 aliphatic carbocycles. The summed E-state index contributed by atoms with van der Waals surface area (Å²) in [7, 11) is 0. The molecule has 0 aromatic rings. The first-order valence-corrected chi connectivity index (χ1v) is 10.8. The Balaban J connectivity index is 0. The fraction of sp³-hybridized carbons (Fsp3) is 1.00. The standard InChI is InChI=1S/C3H9Si.C2H6O.CH3.Mg/c1-4(2)3;1-2-3;;/h1-3H3;3H,2H2,1H3;1H3;. The molecule has 0 aliphatic rings. The Labute approximate surface area is 68.7 Å². The van der Waals surface area contributed by atoms with E-state index < -0.39 is 5.72 Å². The van der Waals surface area contributed by atoms with Gasteiger partial charge in [0.2, 0.25) is 0 Å². The van der Waals surface area contributed by atoms with Crippen molar-refractivity contribution in [3.8, 4) is 0 Å². The summed E-state index contributed by atoms with van der Waals surface area (Å²) in [5.41, 5.74) is -0.492. The van der Waals surface area contributed by atoms with E-state index in [1.807, 2.05) is 0 Å². The van der Waals surface area contributed by atoms with Crippen molar-refractivity contribution in [2.75, 3.05) is 6.61 Å². The zero-order valence-electron chi connectivity index (χ0n) is 7.36. The molecule has 0 unspecified atom stereocenters. The monoisotopic (exact) mass is 158 g/mol. The van der Waals surface area contributed by atoms with E-state index in [0.717, 1.165) is 0 Å². The maximum atomic E-state index is 7.57. The van der Waals surface area contributed by atoms with E-state index >= 15 is 0 Å². The van der Waals surface area contributed by atoms with Crippen LogP contribution in [0, 0.1) is 0 Å². The second kappa shape index (κ2) is 7.05. The lowest BCUT2D eigenvalue weighted by atomic mass is 10.9. The summed E-state index contributed by atoms with van der Waals surface area (Å²) in [5.74, 6) is 0. The average Bonchev–Trinajstić information content (AvgIpc) is 1.67. The Morgan fingerprint density at radius 2 is 1.44 bits per heavy atom. The quantitative estimate of drug-likeness (QED) is 0.575. The van der Waals surface area contributed by atoms with Crippen LogP contribution in [0.5, 0.6) is 0 Å². The molecule has 3 heteroatoms. The minimum absolute atomic E-state index is 0.250. The molecular weight excluding hydrogens is 140 g/mol. The average molecular weight is 159 g/mol. The van der Waals surface area contributed by atoms with E-state index in [-0.39, 0.29) is 6.61 Å². The molecule has 0 amide bonds. The molecule has 0 saturated heterocycles. The van der Waals surface area contributed by atoms with Crippen LogP contribution in [0.4, 0.5) is 0 Å². The lowest BCUT2D eigenvalue weighted by Gasteiger charge is -2.09. The van der Waals surface area contributed by atoms with Crippen molar-refractivity contribution in [2.24, 2.45) is 0 Å². The van der Waals surface area contributed by atoms with Gasteiger partial charge < -0.3 is 5.11 Å². The van der Waals surface area contributed by atoms with Crippen LogP contribution in [0.1, 0.15) is 6.92 Å². The lowest BCUT2D eigenvalue weighted by Crippen LogP contribution is -2.26. The summed E-state index contributed by atoms with van der Waals surface area (Å²) in [4.78, 5) is 0. The van der Waals surface area contributed by atoms with E-state index in [9.17, 15) is 0 Å². The van der Waals surface area contributed by atoms with Crippen LogP contribution in [0.25, 0.3) is 0 Å². The summed E-state index contributed by atoms with van der Waals surface area (Å²) >= 11 is 0.391. The van der Waals surface area contributed by atoms with E-state index in [4.69, 9.17) is 5.11 Å². The van der Waals surface area contributed by atoms with Crippen LogP contribution >= 0.6 is 0 Å². The van der Waals surface area contributed by atoms with Crippen LogP contribution in [-0.2, 0) is 0 Å². The van der Waals surface area contributed by atoms with Crippen LogP contribution in [-0.4, -0.2) is 37.0 Å². The molecule has 0 bridgehead atoms.